The van der Waals surface area contributed by atoms with Gasteiger partial charge in [0.2, 0.25) is 0 Å². The molecule has 2 aromatic rings. The number of nitrogens with one attached hydrogen (secondary N) is 1. The molecule has 1 amide bonds. The van der Waals surface area contributed by atoms with Gasteiger partial charge in [0.1, 0.15) is 5.82 Å². The van der Waals surface area contributed by atoms with E-state index in [1.54, 1.807) is 18.3 Å². The van der Waals surface area contributed by atoms with E-state index in [-0.39, 0.29) is 23.5 Å². The van der Waals surface area contributed by atoms with Gasteiger partial charge in [-0.3, -0.25) is 4.79 Å². The Balaban J connectivity index is 1.48. The Hall–Kier alpha value is -2.41. The normalized spacial score (nSPS) is 21.2. The zero-order chi connectivity index (χ0) is 18.1. The van der Waals surface area contributed by atoms with Crippen LogP contribution in [-0.2, 0) is 22.8 Å². The first kappa shape index (κ1) is 17.0. The van der Waals surface area contributed by atoms with Crippen LogP contribution in [0.1, 0.15) is 27.9 Å². The highest BCUT2D eigenvalue weighted by atomic mass is 32.2. The van der Waals surface area contributed by atoms with E-state index in [0.29, 0.717) is 12.0 Å². The number of aromatic nitrogens is 1. The lowest BCUT2D eigenvalue weighted by Gasteiger charge is -2.30. The minimum Gasteiger partial charge on any atom is -0.352 e. The van der Waals surface area contributed by atoms with Crippen LogP contribution in [0.2, 0.25) is 0 Å². The summed E-state index contributed by atoms with van der Waals surface area (Å²) in [5.74, 6) is 0.700. The Morgan fingerprint density at radius 2 is 2.00 bits per heavy atom. The standard InChI is InChI=1S/C19H21N3O3S/c23-19(21-17-7-10-26(24,25)13-17)15-5-8-20-18(11-15)22-9-6-14-3-1-2-4-16(14)12-22/h1-5,8,11,17H,6-7,9-10,12-13H2,(H,21,23). The number of sulfone groups is 1. The molecule has 3 heterocycles. The fraction of sp³-hybridized carbons (Fsp3) is 0.368. The van der Waals surface area contributed by atoms with E-state index >= 15 is 0 Å². The summed E-state index contributed by atoms with van der Waals surface area (Å²) in [5.41, 5.74) is 3.16. The minimum atomic E-state index is -3.01. The molecular weight excluding hydrogens is 350 g/mol. The van der Waals surface area contributed by atoms with Crippen LogP contribution in [-0.4, -0.2) is 43.4 Å². The Morgan fingerprint density at radius 3 is 2.77 bits per heavy atom. The molecule has 1 fully saturated rings. The van der Waals surface area contributed by atoms with Crippen molar-refractivity contribution in [3.05, 3.63) is 59.3 Å². The number of carbonyl (C=O) groups excluding carboxylic acids is 1. The second kappa shape index (κ2) is 6.72. The lowest BCUT2D eigenvalue weighted by Crippen LogP contribution is -2.36. The van der Waals surface area contributed by atoms with Gasteiger partial charge in [-0.1, -0.05) is 24.3 Å². The molecule has 7 heteroatoms. The molecule has 1 atom stereocenters. The van der Waals surface area contributed by atoms with Crippen LogP contribution in [0.5, 0.6) is 0 Å². The Bertz CT molecular complexity index is 943. The van der Waals surface area contributed by atoms with Gasteiger partial charge in [0.25, 0.3) is 5.91 Å². The van der Waals surface area contributed by atoms with Crippen molar-refractivity contribution in [2.24, 2.45) is 0 Å². The maximum Gasteiger partial charge on any atom is 0.251 e. The largest absolute Gasteiger partial charge is 0.352 e. The van der Waals surface area contributed by atoms with Crippen molar-refractivity contribution in [1.29, 1.82) is 0 Å². The number of amides is 1. The molecule has 2 aliphatic rings. The van der Waals surface area contributed by atoms with Crippen molar-refractivity contribution in [3.8, 4) is 0 Å². The smallest absolute Gasteiger partial charge is 0.251 e. The second-order valence-corrected chi connectivity index (χ2v) is 9.15. The summed E-state index contributed by atoms with van der Waals surface area (Å²) in [4.78, 5) is 19.1. The lowest BCUT2D eigenvalue weighted by molar-refractivity contribution is 0.0941. The van der Waals surface area contributed by atoms with Gasteiger partial charge in [0.15, 0.2) is 9.84 Å². The molecule has 1 aromatic carbocycles. The lowest BCUT2D eigenvalue weighted by atomic mass is 10.00. The maximum atomic E-state index is 12.5. The Labute approximate surface area is 153 Å². The Kier molecular flexibility index (Phi) is 4.40. The van der Waals surface area contributed by atoms with Gasteiger partial charge in [-0.25, -0.2) is 13.4 Å². The minimum absolute atomic E-state index is 0.0274. The molecule has 0 spiro atoms. The van der Waals surface area contributed by atoms with Crippen molar-refractivity contribution in [1.82, 2.24) is 10.3 Å². The third-order valence-electron chi connectivity index (χ3n) is 5.03. The molecular formula is C19H21N3O3S. The first-order valence-electron chi connectivity index (χ1n) is 8.79. The number of carbonyl (C=O) groups is 1. The predicted octanol–water partition coefficient (Wildman–Crippen LogP) is 1.56. The molecule has 1 saturated heterocycles. The quantitative estimate of drug-likeness (QED) is 0.886. The van der Waals surface area contributed by atoms with E-state index in [1.807, 2.05) is 6.07 Å². The molecule has 26 heavy (non-hydrogen) atoms. The fourth-order valence-electron chi connectivity index (χ4n) is 3.60. The highest BCUT2D eigenvalue weighted by molar-refractivity contribution is 7.91. The number of nitrogens with zero attached hydrogens (tertiary/aromatic N) is 2. The number of hydrogen-bond donors (Lipinski definition) is 1. The third kappa shape index (κ3) is 3.58. The molecule has 1 aromatic heterocycles. The molecule has 0 bridgehead atoms. The second-order valence-electron chi connectivity index (χ2n) is 6.92. The zero-order valence-electron chi connectivity index (χ0n) is 14.4. The number of pyridine rings is 1. The van der Waals surface area contributed by atoms with E-state index in [4.69, 9.17) is 0 Å². The van der Waals surface area contributed by atoms with Gasteiger partial charge in [-0.2, -0.15) is 0 Å². The van der Waals surface area contributed by atoms with E-state index in [0.717, 1.165) is 25.3 Å². The van der Waals surface area contributed by atoms with Crippen molar-refractivity contribution in [3.63, 3.8) is 0 Å². The summed E-state index contributed by atoms with van der Waals surface area (Å²) in [6.07, 6.45) is 3.07. The predicted molar refractivity (Wildman–Crippen MR) is 100.0 cm³/mol. The van der Waals surface area contributed by atoms with Gasteiger partial charge < -0.3 is 10.2 Å². The highest BCUT2D eigenvalue weighted by Gasteiger charge is 2.29. The fourth-order valence-corrected chi connectivity index (χ4v) is 5.27. The molecule has 1 N–H and O–H groups in total. The van der Waals surface area contributed by atoms with Crippen LogP contribution in [0.3, 0.4) is 0 Å². The summed E-state index contributed by atoms with van der Waals surface area (Å²) in [6.45, 7) is 1.63. The number of anilines is 1. The molecule has 136 valence electrons. The van der Waals surface area contributed by atoms with Crippen LogP contribution < -0.4 is 10.2 Å². The molecule has 4 rings (SSSR count). The molecule has 6 nitrogen and oxygen atoms in total. The van der Waals surface area contributed by atoms with Crippen molar-refractivity contribution >= 4 is 21.6 Å². The van der Waals surface area contributed by atoms with Gasteiger partial charge in [0, 0.05) is 30.9 Å². The molecule has 0 radical (unpaired) electrons. The number of rotatable bonds is 3. The zero-order valence-corrected chi connectivity index (χ0v) is 15.2. The monoisotopic (exact) mass is 371 g/mol. The Morgan fingerprint density at radius 1 is 1.19 bits per heavy atom. The van der Waals surface area contributed by atoms with Gasteiger partial charge in [0.05, 0.1) is 11.5 Å². The van der Waals surface area contributed by atoms with E-state index in [2.05, 4.69) is 33.4 Å². The number of fused-ring (bicyclic) bond motifs is 1. The molecule has 1 unspecified atom stereocenters. The van der Waals surface area contributed by atoms with Gasteiger partial charge >= 0.3 is 0 Å². The van der Waals surface area contributed by atoms with Crippen molar-refractivity contribution in [2.75, 3.05) is 23.0 Å². The maximum absolute atomic E-state index is 12.5. The van der Waals surface area contributed by atoms with Gasteiger partial charge in [-0.05, 0) is 36.1 Å². The van der Waals surface area contributed by atoms with Crippen molar-refractivity contribution < 1.29 is 13.2 Å². The summed E-state index contributed by atoms with van der Waals surface area (Å²) in [6, 6.07) is 11.5. The number of hydrogen-bond acceptors (Lipinski definition) is 5. The molecule has 0 saturated carbocycles. The van der Waals surface area contributed by atoms with Crippen molar-refractivity contribution in [2.45, 2.75) is 25.4 Å². The van der Waals surface area contributed by atoms with E-state index in [9.17, 15) is 13.2 Å². The van der Waals surface area contributed by atoms with Crippen LogP contribution in [0.25, 0.3) is 0 Å². The van der Waals surface area contributed by atoms with Gasteiger partial charge in [-0.15, -0.1) is 0 Å². The first-order chi connectivity index (χ1) is 12.5. The average molecular weight is 371 g/mol. The SMILES string of the molecule is O=C(NC1CCS(=O)(=O)C1)c1ccnc(N2CCc3ccccc3C2)c1. The van der Waals surface area contributed by atoms with Crippen LogP contribution in [0.15, 0.2) is 42.6 Å². The molecule has 2 aliphatic heterocycles. The molecule has 0 aliphatic carbocycles. The summed E-state index contributed by atoms with van der Waals surface area (Å²) in [5, 5.41) is 2.83. The van der Waals surface area contributed by atoms with Crippen LogP contribution >= 0.6 is 0 Å². The third-order valence-corrected chi connectivity index (χ3v) is 6.80. The number of benzene rings is 1. The first-order valence-corrected chi connectivity index (χ1v) is 10.6. The van der Waals surface area contributed by atoms with Crippen LogP contribution in [0, 0.1) is 0 Å². The van der Waals surface area contributed by atoms with Crippen LogP contribution in [0.4, 0.5) is 5.82 Å². The summed E-state index contributed by atoms with van der Waals surface area (Å²) in [7, 11) is -3.01. The summed E-state index contributed by atoms with van der Waals surface area (Å²) >= 11 is 0. The van der Waals surface area contributed by atoms with E-state index < -0.39 is 9.84 Å². The summed E-state index contributed by atoms with van der Waals surface area (Å²) < 4.78 is 23.1. The topological polar surface area (TPSA) is 79.4 Å². The van der Waals surface area contributed by atoms with E-state index in [1.165, 1.54) is 11.1 Å². The average Bonchev–Trinajstić information content (AvgIpc) is 2.99. The highest BCUT2D eigenvalue weighted by Crippen LogP contribution is 2.23.